The van der Waals surface area contributed by atoms with Crippen LogP contribution in [0.1, 0.15) is 12.5 Å². The van der Waals surface area contributed by atoms with E-state index < -0.39 is 0 Å². The summed E-state index contributed by atoms with van der Waals surface area (Å²) in [5.74, 6) is 0.818. The molecule has 1 aromatic rings. The maximum Gasteiger partial charge on any atom is 0.166 e. The topological polar surface area (TPSA) is 18.5 Å². The molecule has 0 saturated heterocycles. The molecule has 0 heterocycles. The average molecular weight is 226 g/mol. The van der Waals surface area contributed by atoms with E-state index in [-0.39, 0.29) is 6.29 Å². The van der Waals surface area contributed by atoms with Crippen LogP contribution in [-0.4, -0.2) is 26.3 Å². The normalized spacial score (nSPS) is 10.9. The Kier molecular flexibility index (Phi) is 5.76. The molecule has 15 heavy (non-hydrogen) atoms. The molecule has 0 spiro atoms. The maximum absolute atomic E-state index is 5.12. The van der Waals surface area contributed by atoms with Gasteiger partial charge in [0.25, 0.3) is 0 Å². The van der Waals surface area contributed by atoms with Gasteiger partial charge in [-0.15, -0.1) is 11.8 Å². The number of thioether (sulfide) groups is 1. The van der Waals surface area contributed by atoms with Crippen LogP contribution in [0.2, 0.25) is 0 Å². The minimum absolute atomic E-state index is 0.124. The molecule has 0 aliphatic heterocycles. The van der Waals surface area contributed by atoms with Gasteiger partial charge in [0, 0.05) is 24.9 Å². The molecule has 0 unspecified atom stereocenters. The van der Waals surface area contributed by atoms with Crippen LogP contribution in [0, 0.1) is 0 Å². The Morgan fingerprint density at radius 1 is 1.13 bits per heavy atom. The van der Waals surface area contributed by atoms with E-state index in [9.17, 15) is 0 Å². The van der Waals surface area contributed by atoms with Crippen LogP contribution in [0.15, 0.2) is 29.2 Å². The fourth-order valence-corrected chi connectivity index (χ4v) is 2.15. The summed E-state index contributed by atoms with van der Waals surface area (Å²) in [6, 6.07) is 8.62. The first-order chi connectivity index (χ1) is 7.30. The Labute approximate surface area is 96.0 Å². The monoisotopic (exact) mass is 226 g/mol. The number of ether oxygens (including phenoxy) is 2. The van der Waals surface area contributed by atoms with Crippen LogP contribution >= 0.6 is 11.8 Å². The minimum Gasteiger partial charge on any atom is -0.355 e. The van der Waals surface area contributed by atoms with Crippen molar-refractivity contribution in [2.45, 2.75) is 24.5 Å². The zero-order valence-electron chi connectivity index (χ0n) is 9.53. The van der Waals surface area contributed by atoms with E-state index in [2.05, 4.69) is 31.2 Å². The Bertz CT molecular complexity index is 267. The van der Waals surface area contributed by atoms with Gasteiger partial charge in [-0.1, -0.05) is 19.1 Å². The van der Waals surface area contributed by atoms with E-state index in [1.54, 1.807) is 26.0 Å². The first kappa shape index (κ1) is 12.6. The third-order valence-electron chi connectivity index (χ3n) is 2.24. The lowest BCUT2D eigenvalue weighted by Crippen LogP contribution is -2.15. The molecule has 0 saturated carbocycles. The van der Waals surface area contributed by atoms with Gasteiger partial charge in [-0.05, 0) is 24.1 Å². The van der Waals surface area contributed by atoms with E-state index in [1.165, 1.54) is 10.5 Å². The van der Waals surface area contributed by atoms with Crippen LogP contribution < -0.4 is 0 Å². The van der Waals surface area contributed by atoms with Crippen LogP contribution in [0.3, 0.4) is 0 Å². The molecule has 0 atom stereocenters. The molecule has 84 valence electrons. The van der Waals surface area contributed by atoms with E-state index in [4.69, 9.17) is 9.47 Å². The summed E-state index contributed by atoms with van der Waals surface area (Å²) in [7, 11) is 3.32. The van der Waals surface area contributed by atoms with Crippen molar-refractivity contribution in [2.75, 3.05) is 20.0 Å². The molecule has 1 aromatic carbocycles. The maximum atomic E-state index is 5.12. The second kappa shape index (κ2) is 6.88. The predicted molar refractivity (Wildman–Crippen MR) is 64.4 cm³/mol. The summed E-state index contributed by atoms with van der Waals surface area (Å²) < 4.78 is 10.2. The molecule has 0 amide bonds. The predicted octanol–water partition coefficient (Wildman–Crippen LogP) is 2.96. The molecule has 0 aromatic heterocycles. The van der Waals surface area contributed by atoms with Gasteiger partial charge in [0.15, 0.2) is 6.29 Å². The molecule has 0 radical (unpaired) electrons. The number of rotatable bonds is 6. The summed E-state index contributed by atoms with van der Waals surface area (Å²) in [5, 5.41) is 0. The van der Waals surface area contributed by atoms with E-state index in [1.807, 2.05) is 0 Å². The molecule has 0 bridgehead atoms. The third-order valence-corrected chi connectivity index (χ3v) is 3.29. The molecule has 0 fully saturated rings. The summed E-state index contributed by atoms with van der Waals surface area (Å²) in [6.45, 7) is 2.16. The standard InChI is InChI=1S/C12H18O2S/c1-4-10-5-7-11(8-6-10)15-9-12(13-2)14-3/h5-8,12H,4,9H2,1-3H3. The average Bonchev–Trinajstić information content (AvgIpc) is 2.31. The Hall–Kier alpha value is -0.510. The van der Waals surface area contributed by atoms with Gasteiger partial charge in [0.05, 0.1) is 0 Å². The largest absolute Gasteiger partial charge is 0.355 e. The molecule has 1 rings (SSSR count). The van der Waals surface area contributed by atoms with Gasteiger partial charge in [0.2, 0.25) is 0 Å². The molecule has 3 heteroatoms. The number of methoxy groups -OCH3 is 2. The Morgan fingerprint density at radius 2 is 1.73 bits per heavy atom. The highest BCUT2D eigenvalue weighted by Crippen LogP contribution is 2.20. The highest BCUT2D eigenvalue weighted by atomic mass is 32.2. The van der Waals surface area contributed by atoms with Gasteiger partial charge in [-0.25, -0.2) is 0 Å². The van der Waals surface area contributed by atoms with Gasteiger partial charge >= 0.3 is 0 Å². The lowest BCUT2D eigenvalue weighted by Gasteiger charge is -2.12. The number of hydrogen-bond donors (Lipinski definition) is 0. The fraction of sp³-hybridized carbons (Fsp3) is 0.500. The van der Waals surface area contributed by atoms with Gasteiger partial charge in [0.1, 0.15) is 0 Å². The van der Waals surface area contributed by atoms with Crippen molar-refractivity contribution in [3.63, 3.8) is 0 Å². The molecule has 0 aliphatic rings. The lowest BCUT2D eigenvalue weighted by atomic mass is 10.2. The van der Waals surface area contributed by atoms with Crippen molar-refractivity contribution in [3.8, 4) is 0 Å². The first-order valence-corrected chi connectivity index (χ1v) is 6.06. The molecule has 0 N–H and O–H groups in total. The van der Waals surface area contributed by atoms with E-state index in [0.717, 1.165) is 12.2 Å². The third kappa shape index (κ3) is 4.24. The molecule has 2 nitrogen and oxygen atoms in total. The van der Waals surface area contributed by atoms with Crippen molar-refractivity contribution >= 4 is 11.8 Å². The SMILES string of the molecule is CCc1ccc(SCC(OC)OC)cc1. The zero-order chi connectivity index (χ0) is 11.1. The van der Waals surface area contributed by atoms with Gasteiger partial charge in [-0.3, -0.25) is 0 Å². The molecule has 0 aliphatic carbocycles. The Balaban J connectivity index is 2.43. The van der Waals surface area contributed by atoms with Crippen molar-refractivity contribution in [2.24, 2.45) is 0 Å². The summed E-state index contributed by atoms with van der Waals surface area (Å²) in [6.07, 6.45) is 0.963. The smallest absolute Gasteiger partial charge is 0.166 e. The molecular formula is C12H18O2S. The Morgan fingerprint density at radius 3 is 2.20 bits per heavy atom. The highest BCUT2D eigenvalue weighted by Gasteiger charge is 2.05. The van der Waals surface area contributed by atoms with Crippen LogP contribution in [0.5, 0.6) is 0 Å². The van der Waals surface area contributed by atoms with Crippen molar-refractivity contribution in [1.82, 2.24) is 0 Å². The van der Waals surface area contributed by atoms with Gasteiger partial charge < -0.3 is 9.47 Å². The first-order valence-electron chi connectivity index (χ1n) is 5.07. The summed E-state index contributed by atoms with van der Waals surface area (Å²) in [5.41, 5.74) is 1.37. The second-order valence-corrected chi connectivity index (χ2v) is 4.30. The van der Waals surface area contributed by atoms with Crippen LogP contribution in [-0.2, 0) is 15.9 Å². The second-order valence-electron chi connectivity index (χ2n) is 3.21. The van der Waals surface area contributed by atoms with Crippen LogP contribution in [0.25, 0.3) is 0 Å². The van der Waals surface area contributed by atoms with Crippen molar-refractivity contribution < 1.29 is 9.47 Å². The number of aryl methyl sites for hydroxylation is 1. The summed E-state index contributed by atoms with van der Waals surface area (Å²) >= 11 is 1.75. The van der Waals surface area contributed by atoms with E-state index in [0.29, 0.717) is 0 Å². The minimum atomic E-state index is -0.124. The zero-order valence-corrected chi connectivity index (χ0v) is 10.3. The highest BCUT2D eigenvalue weighted by molar-refractivity contribution is 7.99. The number of hydrogen-bond acceptors (Lipinski definition) is 3. The molecular weight excluding hydrogens is 208 g/mol. The van der Waals surface area contributed by atoms with Crippen molar-refractivity contribution in [1.29, 1.82) is 0 Å². The van der Waals surface area contributed by atoms with Gasteiger partial charge in [-0.2, -0.15) is 0 Å². The van der Waals surface area contributed by atoms with E-state index >= 15 is 0 Å². The van der Waals surface area contributed by atoms with Crippen LogP contribution in [0.4, 0.5) is 0 Å². The van der Waals surface area contributed by atoms with Crippen molar-refractivity contribution in [3.05, 3.63) is 29.8 Å². The number of benzene rings is 1. The lowest BCUT2D eigenvalue weighted by molar-refractivity contribution is -0.0842. The summed E-state index contributed by atoms with van der Waals surface area (Å²) in [4.78, 5) is 1.26. The fourth-order valence-electron chi connectivity index (χ4n) is 1.22. The quantitative estimate of drug-likeness (QED) is 0.549.